The summed E-state index contributed by atoms with van der Waals surface area (Å²) in [4.78, 5) is 14.2. The number of likely N-dealkylation sites (N-methyl/N-ethyl adjacent to an activating group) is 1. The lowest BCUT2D eigenvalue weighted by molar-refractivity contribution is -0.118. The van der Waals surface area contributed by atoms with E-state index in [1.165, 1.54) is 23.0 Å². The van der Waals surface area contributed by atoms with E-state index in [2.05, 4.69) is 36.2 Å². The molecule has 0 radical (unpaired) electrons. The van der Waals surface area contributed by atoms with Crippen molar-refractivity contribution in [2.75, 3.05) is 41.8 Å². The highest BCUT2D eigenvalue weighted by Crippen LogP contribution is 2.24. The first kappa shape index (κ1) is 19.1. The van der Waals surface area contributed by atoms with E-state index in [-0.39, 0.29) is 22.7 Å². The Morgan fingerprint density at radius 3 is 2.75 bits per heavy atom. The van der Waals surface area contributed by atoms with E-state index >= 15 is 0 Å². The predicted octanol–water partition coefficient (Wildman–Crippen LogP) is 1.86. The normalized spacial score (nSPS) is 19.2. The van der Waals surface area contributed by atoms with Crippen LogP contribution in [-0.4, -0.2) is 56.5 Å². The lowest BCUT2D eigenvalue weighted by Crippen LogP contribution is -2.36. The molecule has 7 heteroatoms. The highest BCUT2D eigenvalue weighted by atomic mass is 32.2. The molecule has 5 nitrogen and oxygen atoms in total. The van der Waals surface area contributed by atoms with Crippen LogP contribution in [0.1, 0.15) is 18.9 Å². The van der Waals surface area contributed by atoms with Crippen LogP contribution >= 0.6 is 11.8 Å². The van der Waals surface area contributed by atoms with Gasteiger partial charge in [0.25, 0.3) is 0 Å². The van der Waals surface area contributed by atoms with Crippen molar-refractivity contribution in [3.63, 3.8) is 0 Å². The SMILES string of the molecule is CCN(CCNC(=O)CS[C@H]1CCS(=O)(=O)C1)c1ccccc1C. The molecule has 0 spiro atoms. The van der Waals surface area contributed by atoms with Crippen molar-refractivity contribution in [1.82, 2.24) is 5.32 Å². The fourth-order valence-corrected chi connectivity index (χ4v) is 6.31. The van der Waals surface area contributed by atoms with E-state index in [1.54, 1.807) is 0 Å². The molecule has 1 heterocycles. The number of carbonyl (C=O) groups is 1. The molecule has 0 saturated carbocycles. The largest absolute Gasteiger partial charge is 0.370 e. The van der Waals surface area contributed by atoms with Gasteiger partial charge in [0, 0.05) is 30.6 Å². The first-order valence-corrected chi connectivity index (χ1v) is 11.2. The number of thioether (sulfide) groups is 1. The third-order valence-corrected chi connectivity index (χ3v) is 7.46. The molecule has 2 rings (SSSR count). The average molecular weight is 371 g/mol. The topological polar surface area (TPSA) is 66.5 Å². The molecular weight excluding hydrogens is 344 g/mol. The van der Waals surface area contributed by atoms with Crippen LogP contribution in [0, 0.1) is 6.92 Å². The minimum atomic E-state index is -2.87. The van der Waals surface area contributed by atoms with E-state index in [0.29, 0.717) is 18.7 Å². The molecule has 0 bridgehead atoms. The van der Waals surface area contributed by atoms with Crippen LogP contribution in [0.4, 0.5) is 5.69 Å². The molecule has 1 N–H and O–H groups in total. The molecule has 1 fully saturated rings. The van der Waals surface area contributed by atoms with Gasteiger partial charge in [-0.05, 0) is 31.9 Å². The number of rotatable bonds is 8. The monoisotopic (exact) mass is 370 g/mol. The van der Waals surface area contributed by atoms with Gasteiger partial charge in [0.1, 0.15) is 0 Å². The van der Waals surface area contributed by atoms with Gasteiger partial charge in [-0.2, -0.15) is 0 Å². The Hall–Kier alpha value is -1.21. The van der Waals surface area contributed by atoms with Crippen molar-refractivity contribution in [2.45, 2.75) is 25.5 Å². The summed E-state index contributed by atoms with van der Waals surface area (Å²) < 4.78 is 22.8. The van der Waals surface area contributed by atoms with Crippen molar-refractivity contribution in [2.24, 2.45) is 0 Å². The predicted molar refractivity (Wildman–Crippen MR) is 102 cm³/mol. The molecular formula is C17H26N2O3S2. The number of hydrogen-bond donors (Lipinski definition) is 1. The molecule has 134 valence electrons. The van der Waals surface area contributed by atoms with Crippen LogP contribution in [0.25, 0.3) is 0 Å². The average Bonchev–Trinajstić information content (AvgIpc) is 2.90. The van der Waals surface area contributed by atoms with Gasteiger partial charge >= 0.3 is 0 Å². The van der Waals surface area contributed by atoms with Gasteiger partial charge in [-0.15, -0.1) is 11.8 Å². The highest BCUT2D eigenvalue weighted by molar-refractivity contribution is 8.02. The van der Waals surface area contributed by atoms with Gasteiger partial charge in [-0.25, -0.2) is 8.42 Å². The van der Waals surface area contributed by atoms with Gasteiger partial charge in [0.05, 0.1) is 17.3 Å². The molecule has 24 heavy (non-hydrogen) atoms. The maximum Gasteiger partial charge on any atom is 0.230 e. The standard InChI is InChI=1S/C17H26N2O3S2/c1-3-19(16-7-5-4-6-14(16)2)10-9-18-17(20)12-23-15-8-11-24(21,22)13-15/h4-7,15H,3,8-13H2,1-2H3,(H,18,20)/t15-/m0/s1. The number of hydrogen-bond acceptors (Lipinski definition) is 5. The third kappa shape index (κ3) is 5.70. The Kier molecular flexibility index (Phi) is 6.98. The Balaban J connectivity index is 1.71. The summed E-state index contributed by atoms with van der Waals surface area (Å²) >= 11 is 1.45. The summed E-state index contributed by atoms with van der Waals surface area (Å²) in [5.41, 5.74) is 2.42. The number of aryl methyl sites for hydroxylation is 1. The summed E-state index contributed by atoms with van der Waals surface area (Å²) in [6, 6.07) is 8.23. The summed E-state index contributed by atoms with van der Waals surface area (Å²) in [5.74, 6) is 0.775. The number of carbonyl (C=O) groups excluding carboxylic acids is 1. The molecule has 1 aliphatic heterocycles. The lowest BCUT2D eigenvalue weighted by atomic mass is 10.2. The van der Waals surface area contributed by atoms with Gasteiger partial charge in [0.15, 0.2) is 9.84 Å². The van der Waals surface area contributed by atoms with Gasteiger partial charge in [-0.3, -0.25) is 4.79 Å². The number of amides is 1. The molecule has 0 unspecified atom stereocenters. The molecule has 1 aromatic rings. The fourth-order valence-electron chi connectivity index (χ4n) is 2.83. The zero-order valence-corrected chi connectivity index (χ0v) is 16.0. The number of anilines is 1. The number of benzene rings is 1. The van der Waals surface area contributed by atoms with Gasteiger partial charge in [-0.1, -0.05) is 18.2 Å². The Bertz CT molecular complexity index is 662. The van der Waals surface area contributed by atoms with E-state index in [1.807, 2.05) is 12.1 Å². The third-order valence-electron chi connectivity index (χ3n) is 4.18. The number of sulfone groups is 1. The van der Waals surface area contributed by atoms with Crippen LogP contribution in [-0.2, 0) is 14.6 Å². The Morgan fingerprint density at radius 1 is 1.38 bits per heavy atom. The van der Waals surface area contributed by atoms with Crippen LogP contribution < -0.4 is 10.2 Å². The minimum absolute atomic E-state index is 0.0230. The second-order valence-electron chi connectivity index (χ2n) is 6.05. The summed E-state index contributed by atoms with van der Waals surface area (Å²) in [5, 5.41) is 3.00. The highest BCUT2D eigenvalue weighted by Gasteiger charge is 2.28. The maximum absolute atomic E-state index is 11.9. The van der Waals surface area contributed by atoms with E-state index in [0.717, 1.165) is 13.1 Å². The van der Waals surface area contributed by atoms with Crippen LogP contribution in [0.2, 0.25) is 0 Å². The molecule has 1 atom stereocenters. The van der Waals surface area contributed by atoms with Crippen molar-refractivity contribution in [3.8, 4) is 0 Å². The van der Waals surface area contributed by atoms with Crippen LogP contribution in [0.5, 0.6) is 0 Å². The first-order chi connectivity index (χ1) is 11.4. The molecule has 1 aliphatic rings. The number of nitrogens with one attached hydrogen (secondary N) is 1. The van der Waals surface area contributed by atoms with Crippen LogP contribution in [0.15, 0.2) is 24.3 Å². The number of nitrogens with zero attached hydrogens (tertiary/aromatic N) is 1. The van der Waals surface area contributed by atoms with Gasteiger partial charge in [0.2, 0.25) is 5.91 Å². The number of para-hydroxylation sites is 1. The summed E-state index contributed by atoms with van der Waals surface area (Å²) in [7, 11) is -2.87. The molecule has 1 amide bonds. The zero-order chi connectivity index (χ0) is 17.6. The van der Waals surface area contributed by atoms with E-state index < -0.39 is 9.84 Å². The van der Waals surface area contributed by atoms with Crippen molar-refractivity contribution in [3.05, 3.63) is 29.8 Å². The molecule has 0 aromatic heterocycles. The second-order valence-corrected chi connectivity index (χ2v) is 9.57. The minimum Gasteiger partial charge on any atom is -0.370 e. The fraction of sp³-hybridized carbons (Fsp3) is 0.588. The Labute approximate surface area is 149 Å². The Morgan fingerprint density at radius 2 is 2.12 bits per heavy atom. The molecule has 1 aromatic carbocycles. The molecule has 0 aliphatic carbocycles. The van der Waals surface area contributed by atoms with E-state index in [4.69, 9.17) is 0 Å². The van der Waals surface area contributed by atoms with Crippen molar-refractivity contribution in [1.29, 1.82) is 0 Å². The lowest BCUT2D eigenvalue weighted by Gasteiger charge is -2.25. The van der Waals surface area contributed by atoms with E-state index in [9.17, 15) is 13.2 Å². The second kappa shape index (κ2) is 8.76. The van der Waals surface area contributed by atoms with Crippen molar-refractivity contribution >= 4 is 33.2 Å². The maximum atomic E-state index is 11.9. The van der Waals surface area contributed by atoms with Crippen LogP contribution in [0.3, 0.4) is 0 Å². The zero-order valence-electron chi connectivity index (χ0n) is 14.3. The summed E-state index contributed by atoms with van der Waals surface area (Å²) in [6.45, 7) is 6.42. The quantitative estimate of drug-likeness (QED) is 0.757. The van der Waals surface area contributed by atoms with Crippen molar-refractivity contribution < 1.29 is 13.2 Å². The molecule has 1 saturated heterocycles. The summed E-state index contributed by atoms with van der Waals surface area (Å²) in [6.07, 6.45) is 0.664. The van der Waals surface area contributed by atoms with Gasteiger partial charge < -0.3 is 10.2 Å². The smallest absolute Gasteiger partial charge is 0.230 e. The first-order valence-electron chi connectivity index (χ1n) is 8.30.